The minimum atomic E-state index is -1.03. The highest BCUT2D eigenvalue weighted by molar-refractivity contribution is 5.92. The van der Waals surface area contributed by atoms with E-state index in [-0.39, 0.29) is 30.2 Å². The maximum absolute atomic E-state index is 13.1. The van der Waals surface area contributed by atoms with E-state index >= 15 is 0 Å². The number of aromatic nitrogens is 8. The fraction of sp³-hybridized carbons (Fsp3) is 0.360. The van der Waals surface area contributed by atoms with Gasteiger partial charge in [-0.2, -0.15) is 10.1 Å². The average molecular weight is 532 g/mol. The summed E-state index contributed by atoms with van der Waals surface area (Å²) in [7, 11) is 1.81. The van der Waals surface area contributed by atoms with Crippen molar-refractivity contribution in [2.45, 2.75) is 45.3 Å². The van der Waals surface area contributed by atoms with Crippen molar-refractivity contribution in [2.75, 3.05) is 11.9 Å². The summed E-state index contributed by atoms with van der Waals surface area (Å²) in [6, 6.07) is 5.17. The molecule has 1 aliphatic heterocycles. The van der Waals surface area contributed by atoms with Crippen molar-refractivity contribution >= 4 is 23.6 Å². The molecule has 1 aromatic carbocycles. The molecule has 0 fully saturated rings. The Kier molecular flexibility index (Phi) is 6.68. The zero-order chi connectivity index (χ0) is 27.7. The van der Waals surface area contributed by atoms with Gasteiger partial charge in [0, 0.05) is 31.9 Å². The number of carboxylic acid groups (broad SMARTS) is 1. The second-order valence-corrected chi connectivity index (χ2v) is 10.3. The van der Waals surface area contributed by atoms with E-state index < -0.39 is 12.1 Å². The van der Waals surface area contributed by atoms with E-state index in [0.29, 0.717) is 23.8 Å². The highest BCUT2D eigenvalue weighted by Gasteiger charge is 2.28. The van der Waals surface area contributed by atoms with Crippen molar-refractivity contribution in [1.82, 2.24) is 49.9 Å². The lowest BCUT2D eigenvalue weighted by molar-refractivity contribution is 0.0928. The number of amides is 2. The summed E-state index contributed by atoms with van der Waals surface area (Å²) in [5.41, 5.74) is 2.87. The molecule has 0 radical (unpaired) electrons. The monoisotopic (exact) mass is 531 g/mol. The third-order valence-corrected chi connectivity index (χ3v) is 6.35. The SMILES string of the molecule is Cn1cc(Nc2ncnc(-c3ccc4c(c3)CN(C(=O)O)CC[C@H]4NC(=O)c3cn(C(C)(C)C)nn3)n2)cn1. The summed E-state index contributed by atoms with van der Waals surface area (Å²) in [4.78, 5) is 39.3. The van der Waals surface area contributed by atoms with Gasteiger partial charge in [0.05, 0.1) is 29.7 Å². The predicted octanol–water partition coefficient (Wildman–Crippen LogP) is 2.72. The Morgan fingerprint density at radius 3 is 2.67 bits per heavy atom. The Balaban J connectivity index is 1.43. The van der Waals surface area contributed by atoms with E-state index in [1.807, 2.05) is 46.0 Å². The number of rotatable bonds is 5. The lowest BCUT2D eigenvalue weighted by Gasteiger charge is -2.19. The van der Waals surface area contributed by atoms with Crippen LogP contribution >= 0.6 is 0 Å². The number of nitrogens with zero attached hydrogens (tertiary/aromatic N) is 9. The normalized spacial score (nSPS) is 15.4. The molecular formula is C25H29N11O3. The topological polar surface area (TPSA) is 169 Å². The van der Waals surface area contributed by atoms with Gasteiger partial charge >= 0.3 is 6.09 Å². The third kappa shape index (κ3) is 5.68. The van der Waals surface area contributed by atoms with E-state index in [9.17, 15) is 14.7 Å². The van der Waals surface area contributed by atoms with Crippen molar-refractivity contribution in [2.24, 2.45) is 7.05 Å². The quantitative estimate of drug-likeness (QED) is 0.348. The van der Waals surface area contributed by atoms with Crippen LogP contribution in [0.25, 0.3) is 11.4 Å². The minimum Gasteiger partial charge on any atom is -0.465 e. The summed E-state index contributed by atoms with van der Waals surface area (Å²) in [6.45, 7) is 6.31. The van der Waals surface area contributed by atoms with Crippen molar-refractivity contribution in [1.29, 1.82) is 0 Å². The Morgan fingerprint density at radius 2 is 1.97 bits per heavy atom. The first kappa shape index (κ1) is 25.8. The molecule has 0 unspecified atom stereocenters. The molecule has 4 aromatic rings. The average Bonchev–Trinajstić information content (AvgIpc) is 3.51. The van der Waals surface area contributed by atoms with E-state index in [1.165, 1.54) is 11.2 Å². The number of carbonyl (C=O) groups is 2. The maximum Gasteiger partial charge on any atom is 0.407 e. The molecule has 0 saturated heterocycles. The largest absolute Gasteiger partial charge is 0.465 e. The first-order valence-corrected chi connectivity index (χ1v) is 12.4. The molecule has 3 N–H and O–H groups in total. The van der Waals surface area contributed by atoms with Crippen molar-refractivity contribution in [3.63, 3.8) is 0 Å². The predicted molar refractivity (Wildman–Crippen MR) is 140 cm³/mol. The molecule has 14 heteroatoms. The van der Waals surface area contributed by atoms with Crippen molar-refractivity contribution in [3.05, 3.63) is 59.9 Å². The fourth-order valence-corrected chi connectivity index (χ4v) is 4.30. The van der Waals surface area contributed by atoms with Crippen LogP contribution in [-0.2, 0) is 19.1 Å². The van der Waals surface area contributed by atoms with Gasteiger partial charge < -0.3 is 20.6 Å². The Bertz CT molecular complexity index is 1520. The molecule has 0 spiro atoms. The van der Waals surface area contributed by atoms with Gasteiger partial charge in [-0.3, -0.25) is 9.48 Å². The van der Waals surface area contributed by atoms with Crippen LogP contribution in [-0.4, -0.2) is 68.3 Å². The molecule has 39 heavy (non-hydrogen) atoms. The standard InChI is InChI=1S/C25H29N11O3/c1-25(2,3)36-13-20(32-33-36)22(37)30-19-7-8-35(24(38)39)11-16-9-15(5-6-18(16)19)21-26-14-27-23(31-21)29-17-10-28-34(4)12-17/h5-6,9-10,12-14,19H,7-8,11H2,1-4H3,(H,30,37)(H,38,39)(H,26,27,29,31)/t19-/m1/s1. The van der Waals surface area contributed by atoms with Crippen LogP contribution in [0.5, 0.6) is 0 Å². The Morgan fingerprint density at radius 1 is 1.15 bits per heavy atom. The molecule has 14 nitrogen and oxygen atoms in total. The lowest BCUT2D eigenvalue weighted by atomic mass is 9.96. The molecule has 1 aliphatic rings. The van der Waals surface area contributed by atoms with Crippen LogP contribution in [0.4, 0.5) is 16.4 Å². The van der Waals surface area contributed by atoms with Crippen molar-refractivity contribution < 1.29 is 14.7 Å². The number of carbonyl (C=O) groups excluding carboxylic acids is 1. The van der Waals surface area contributed by atoms with Crippen LogP contribution < -0.4 is 10.6 Å². The molecule has 1 atom stereocenters. The molecule has 3 aromatic heterocycles. The smallest absolute Gasteiger partial charge is 0.407 e. The zero-order valence-electron chi connectivity index (χ0n) is 22.0. The number of fused-ring (bicyclic) bond motifs is 1. The molecule has 4 heterocycles. The molecule has 5 rings (SSSR count). The van der Waals surface area contributed by atoms with Crippen LogP contribution in [0, 0.1) is 0 Å². The van der Waals surface area contributed by atoms with Gasteiger partial charge in [-0.05, 0) is 44.4 Å². The molecule has 202 valence electrons. The van der Waals surface area contributed by atoms with E-state index in [1.54, 1.807) is 28.0 Å². The first-order valence-electron chi connectivity index (χ1n) is 12.4. The summed E-state index contributed by atoms with van der Waals surface area (Å²) in [5, 5.41) is 28.1. The Hall–Kier alpha value is -4.88. The zero-order valence-corrected chi connectivity index (χ0v) is 22.0. The number of aryl methyl sites for hydroxylation is 1. The molecule has 0 saturated carbocycles. The number of anilines is 2. The summed E-state index contributed by atoms with van der Waals surface area (Å²) < 4.78 is 3.29. The highest BCUT2D eigenvalue weighted by atomic mass is 16.4. The minimum absolute atomic E-state index is 0.164. The van der Waals surface area contributed by atoms with Gasteiger partial charge in [-0.1, -0.05) is 17.3 Å². The Labute approximate surface area is 224 Å². The summed E-state index contributed by atoms with van der Waals surface area (Å²) in [6.07, 6.45) is 5.84. The fourth-order valence-electron chi connectivity index (χ4n) is 4.30. The number of hydrogen-bond donors (Lipinski definition) is 3. The number of nitrogens with one attached hydrogen (secondary N) is 2. The summed E-state index contributed by atoms with van der Waals surface area (Å²) >= 11 is 0. The first-order chi connectivity index (χ1) is 18.6. The van der Waals surface area contributed by atoms with Gasteiger partial charge in [0.2, 0.25) is 5.95 Å². The van der Waals surface area contributed by atoms with Crippen LogP contribution in [0.15, 0.2) is 43.1 Å². The summed E-state index contributed by atoms with van der Waals surface area (Å²) in [5.74, 6) is 0.395. The highest BCUT2D eigenvalue weighted by Crippen LogP contribution is 2.30. The van der Waals surface area contributed by atoms with E-state index in [4.69, 9.17) is 0 Å². The van der Waals surface area contributed by atoms with Crippen molar-refractivity contribution in [3.8, 4) is 11.4 Å². The second-order valence-electron chi connectivity index (χ2n) is 10.3. The number of benzene rings is 1. The van der Waals surface area contributed by atoms with E-state index in [2.05, 4.69) is 41.0 Å². The molecule has 0 aliphatic carbocycles. The van der Waals surface area contributed by atoms with Gasteiger partial charge in [0.25, 0.3) is 5.91 Å². The van der Waals surface area contributed by atoms with Crippen LogP contribution in [0.2, 0.25) is 0 Å². The molecular weight excluding hydrogens is 502 g/mol. The lowest BCUT2D eigenvalue weighted by Crippen LogP contribution is -2.32. The molecule has 0 bridgehead atoms. The van der Waals surface area contributed by atoms with E-state index in [0.717, 1.165) is 16.8 Å². The molecule has 2 amide bonds. The maximum atomic E-state index is 13.1. The van der Waals surface area contributed by atoms with Gasteiger partial charge in [-0.25, -0.2) is 19.4 Å². The third-order valence-electron chi connectivity index (χ3n) is 6.35. The second kappa shape index (κ2) is 10.1. The van der Waals surface area contributed by atoms with Crippen LogP contribution in [0.3, 0.4) is 0 Å². The number of hydrogen-bond acceptors (Lipinski definition) is 9. The van der Waals surface area contributed by atoms with Gasteiger partial charge in [0.15, 0.2) is 11.5 Å². The van der Waals surface area contributed by atoms with Gasteiger partial charge in [0.1, 0.15) is 6.33 Å². The van der Waals surface area contributed by atoms with Crippen LogP contribution in [0.1, 0.15) is 54.8 Å². The van der Waals surface area contributed by atoms with Gasteiger partial charge in [-0.15, -0.1) is 5.10 Å².